The van der Waals surface area contributed by atoms with Crippen LogP contribution >= 0.6 is 0 Å². The molecule has 0 aliphatic carbocycles. The van der Waals surface area contributed by atoms with Crippen LogP contribution in [0, 0.1) is 0 Å². The Morgan fingerprint density at radius 2 is 0.825 bits per heavy atom. The number of rotatable bonds is 9. The Hall–Kier alpha value is -4.64. The van der Waals surface area contributed by atoms with Crippen molar-refractivity contribution in [2.75, 3.05) is 26.4 Å². The number of hydrogen-bond acceptors (Lipinski definition) is 4. The van der Waals surface area contributed by atoms with Gasteiger partial charge in [-0.05, 0) is 79.2 Å². The van der Waals surface area contributed by atoms with Crippen molar-refractivity contribution >= 4 is 21.5 Å². The van der Waals surface area contributed by atoms with Crippen molar-refractivity contribution in [2.45, 2.75) is 0 Å². The molecule has 0 aliphatic rings. The molecule has 6 rings (SSSR count). The van der Waals surface area contributed by atoms with Crippen LogP contribution in [0.15, 0.2) is 121 Å². The Bertz CT molecular complexity index is 1620. The van der Waals surface area contributed by atoms with E-state index in [2.05, 4.69) is 97.1 Å². The highest BCUT2D eigenvalue weighted by atomic mass is 16.5. The maximum absolute atomic E-state index is 9.14. The smallest absolute Gasteiger partial charge is 0.119 e. The average molecular weight is 527 g/mol. The molecule has 6 aromatic rings. The molecule has 0 bridgehead atoms. The van der Waals surface area contributed by atoms with Crippen molar-refractivity contribution in [3.63, 3.8) is 0 Å². The van der Waals surface area contributed by atoms with Crippen molar-refractivity contribution in [3.8, 4) is 44.9 Å². The van der Waals surface area contributed by atoms with Crippen molar-refractivity contribution in [3.05, 3.63) is 121 Å². The van der Waals surface area contributed by atoms with Gasteiger partial charge in [-0.1, -0.05) is 97.1 Å². The van der Waals surface area contributed by atoms with E-state index in [0.717, 1.165) is 33.8 Å². The van der Waals surface area contributed by atoms with Crippen molar-refractivity contribution < 1.29 is 19.7 Å². The molecule has 0 aromatic heterocycles. The molecule has 0 heterocycles. The Labute approximate surface area is 233 Å². The molecule has 0 radical (unpaired) electrons. The number of aliphatic hydroxyl groups is 2. The number of ether oxygens (including phenoxy) is 2. The molecule has 0 fully saturated rings. The zero-order valence-corrected chi connectivity index (χ0v) is 22.1. The van der Waals surface area contributed by atoms with Gasteiger partial charge in [0.05, 0.1) is 13.2 Å². The van der Waals surface area contributed by atoms with E-state index >= 15 is 0 Å². The highest BCUT2D eigenvalue weighted by Crippen LogP contribution is 2.46. The maximum Gasteiger partial charge on any atom is 0.119 e. The number of benzene rings is 6. The van der Waals surface area contributed by atoms with Gasteiger partial charge in [0, 0.05) is 0 Å². The van der Waals surface area contributed by atoms with E-state index in [-0.39, 0.29) is 26.4 Å². The lowest BCUT2D eigenvalue weighted by molar-refractivity contribution is 0.201. The highest BCUT2D eigenvalue weighted by Gasteiger charge is 2.19. The highest BCUT2D eigenvalue weighted by molar-refractivity contribution is 6.14. The van der Waals surface area contributed by atoms with Crippen molar-refractivity contribution in [1.82, 2.24) is 0 Å². The zero-order chi connectivity index (χ0) is 27.3. The van der Waals surface area contributed by atoms with E-state index in [1.54, 1.807) is 0 Å². The van der Waals surface area contributed by atoms with E-state index in [1.165, 1.54) is 32.7 Å². The molecule has 4 heteroatoms. The third kappa shape index (κ3) is 5.03. The van der Waals surface area contributed by atoms with Gasteiger partial charge in [0.2, 0.25) is 0 Å². The summed E-state index contributed by atoms with van der Waals surface area (Å²) >= 11 is 0. The predicted molar refractivity (Wildman–Crippen MR) is 163 cm³/mol. The fourth-order valence-electron chi connectivity index (χ4n) is 5.35. The molecular weight excluding hydrogens is 496 g/mol. The number of hydrogen-bond donors (Lipinski definition) is 2. The van der Waals surface area contributed by atoms with Crippen LogP contribution in [-0.2, 0) is 0 Å². The summed E-state index contributed by atoms with van der Waals surface area (Å²) in [5, 5.41) is 23.0. The van der Waals surface area contributed by atoms with Gasteiger partial charge in [0.1, 0.15) is 24.7 Å². The summed E-state index contributed by atoms with van der Waals surface area (Å²) in [4.78, 5) is 0. The van der Waals surface area contributed by atoms with Gasteiger partial charge in [0.25, 0.3) is 0 Å². The second kappa shape index (κ2) is 11.6. The van der Waals surface area contributed by atoms with Gasteiger partial charge in [-0.15, -0.1) is 0 Å². The van der Waals surface area contributed by atoms with E-state index in [0.29, 0.717) is 0 Å². The van der Waals surface area contributed by atoms with E-state index in [4.69, 9.17) is 19.7 Å². The van der Waals surface area contributed by atoms with Gasteiger partial charge in [-0.2, -0.15) is 0 Å². The van der Waals surface area contributed by atoms with E-state index < -0.39 is 0 Å². The zero-order valence-electron chi connectivity index (χ0n) is 22.1. The predicted octanol–water partition coefficient (Wildman–Crippen LogP) is 7.74. The van der Waals surface area contributed by atoms with Crippen LogP contribution < -0.4 is 9.47 Å². The standard InChI is InChI=1S/C36H30O4/c37-21-23-39-29-15-9-27(10-16-29)33-19-13-25-5-1-3-7-31(25)35(33)36-32-8-4-2-6-26(32)14-20-34(36)28-11-17-30(18-12-28)40-24-22-38/h1-20,37-38H,21-24H2. The topological polar surface area (TPSA) is 58.9 Å². The first-order valence-electron chi connectivity index (χ1n) is 13.5. The molecule has 6 aromatic carbocycles. The molecule has 40 heavy (non-hydrogen) atoms. The van der Waals surface area contributed by atoms with Crippen LogP contribution in [0.1, 0.15) is 0 Å². The van der Waals surface area contributed by atoms with Gasteiger partial charge < -0.3 is 19.7 Å². The second-order valence-corrected chi connectivity index (χ2v) is 9.61. The normalized spacial score (nSPS) is 11.2. The summed E-state index contributed by atoms with van der Waals surface area (Å²) in [7, 11) is 0. The van der Waals surface area contributed by atoms with Gasteiger partial charge in [0.15, 0.2) is 0 Å². The summed E-state index contributed by atoms with van der Waals surface area (Å²) in [6.07, 6.45) is 0. The van der Waals surface area contributed by atoms with Crippen LogP contribution in [0.3, 0.4) is 0 Å². The molecule has 198 valence electrons. The Morgan fingerprint density at radius 1 is 0.425 bits per heavy atom. The monoisotopic (exact) mass is 526 g/mol. The molecule has 2 N–H and O–H groups in total. The molecular formula is C36H30O4. The van der Waals surface area contributed by atoms with Crippen LogP contribution in [0.2, 0.25) is 0 Å². The van der Waals surface area contributed by atoms with Crippen LogP contribution in [0.5, 0.6) is 11.5 Å². The molecule has 4 nitrogen and oxygen atoms in total. The van der Waals surface area contributed by atoms with E-state index in [9.17, 15) is 0 Å². The lowest BCUT2D eigenvalue weighted by atomic mass is 9.83. The van der Waals surface area contributed by atoms with Gasteiger partial charge >= 0.3 is 0 Å². The fourth-order valence-corrected chi connectivity index (χ4v) is 5.35. The average Bonchev–Trinajstić information content (AvgIpc) is 3.02. The molecule has 0 saturated heterocycles. The number of fused-ring (bicyclic) bond motifs is 2. The fraction of sp³-hybridized carbons (Fsp3) is 0.111. The van der Waals surface area contributed by atoms with Gasteiger partial charge in [-0.25, -0.2) is 0 Å². The molecule has 0 spiro atoms. The summed E-state index contributed by atoms with van der Waals surface area (Å²) in [5.74, 6) is 1.46. The second-order valence-electron chi connectivity index (χ2n) is 9.61. The minimum Gasteiger partial charge on any atom is -0.491 e. The lowest BCUT2D eigenvalue weighted by Gasteiger charge is -2.20. The molecule has 0 amide bonds. The first kappa shape index (κ1) is 25.6. The molecule has 0 saturated carbocycles. The summed E-state index contributed by atoms with van der Waals surface area (Å²) in [6.45, 7) is 0.497. The molecule has 0 aliphatic heterocycles. The first-order valence-corrected chi connectivity index (χ1v) is 13.5. The van der Waals surface area contributed by atoms with Crippen LogP contribution in [0.4, 0.5) is 0 Å². The Morgan fingerprint density at radius 3 is 1.23 bits per heavy atom. The lowest BCUT2D eigenvalue weighted by Crippen LogP contribution is -2.01. The SMILES string of the molecule is OCCOc1ccc(-c2ccc3ccccc3c2-c2c(-c3ccc(OCCO)cc3)ccc3ccccc23)cc1. The third-order valence-electron chi connectivity index (χ3n) is 7.16. The van der Waals surface area contributed by atoms with E-state index in [1.807, 2.05) is 24.3 Å². The minimum atomic E-state index is -0.0189. The Balaban J connectivity index is 1.61. The molecule has 0 unspecified atom stereocenters. The van der Waals surface area contributed by atoms with Gasteiger partial charge in [-0.3, -0.25) is 0 Å². The summed E-state index contributed by atoms with van der Waals surface area (Å²) in [5.41, 5.74) is 6.79. The summed E-state index contributed by atoms with van der Waals surface area (Å²) in [6, 6.07) is 42.0. The Kier molecular flexibility index (Phi) is 7.45. The quantitative estimate of drug-likeness (QED) is 0.202. The molecule has 0 atom stereocenters. The minimum absolute atomic E-state index is 0.0189. The van der Waals surface area contributed by atoms with Crippen molar-refractivity contribution in [2.24, 2.45) is 0 Å². The number of aliphatic hydroxyl groups excluding tert-OH is 2. The van der Waals surface area contributed by atoms with Crippen LogP contribution in [-0.4, -0.2) is 36.6 Å². The summed E-state index contributed by atoms with van der Waals surface area (Å²) < 4.78 is 11.3. The largest absolute Gasteiger partial charge is 0.491 e. The maximum atomic E-state index is 9.14. The third-order valence-corrected chi connectivity index (χ3v) is 7.16. The van der Waals surface area contributed by atoms with Crippen LogP contribution in [0.25, 0.3) is 54.9 Å². The first-order chi connectivity index (χ1) is 19.8. The van der Waals surface area contributed by atoms with Crippen molar-refractivity contribution in [1.29, 1.82) is 0 Å².